The van der Waals surface area contributed by atoms with Crippen molar-refractivity contribution < 1.29 is 14.3 Å². The summed E-state index contributed by atoms with van der Waals surface area (Å²) in [5, 5.41) is 9.53. The van der Waals surface area contributed by atoms with Gasteiger partial charge in [0.1, 0.15) is 5.92 Å². The SMILES string of the molecule is C=C(C)[C@@H]1C[C@@H](C)[C@](C)([C@@H]2C[C@@H]3CCO[C@@H]3O2)C(=O)[C@H]1C#N. The van der Waals surface area contributed by atoms with Gasteiger partial charge in [-0.05, 0) is 39.0 Å². The molecule has 0 bridgehead atoms. The van der Waals surface area contributed by atoms with E-state index in [0.717, 1.165) is 31.4 Å². The zero-order valence-electron chi connectivity index (χ0n) is 13.7. The Hall–Kier alpha value is -1.18. The molecule has 4 heteroatoms. The molecule has 3 rings (SSSR count). The molecule has 2 saturated heterocycles. The molecule has 1 aliphatic carbocycles. The third-order valence-corrected chi connectivity index (χ3v) is 6.26. The van der Waals surface area contributed by atoms with Crippen molar-refractivity contribution in [2.24, 2.45) is 29.1 Å². The van der Waals surface area contributed by atoms with Crippen LogP contribution < -0.4 is 0 Å². The van der Waals surface area contributed by atoms with Crippen LogP contribution in [-0.4, -0.2) is 24.8 Å². The number of carbonyl (C=O) groups is 1. The number of carbonyl (C=O) groups excluding carboxylic acids is 1. The van der Waals surface area contributed by atoms with E-state index < -0.39 is 11.3 Å². The Morgan fingerprint density at radius 1 is 1.45 bits per heavy atom. The van der Waals surface area contributed by atoms with Gasteiger partial charge in [-0.15, -0.1) is 0 Å². The van der Waals surface area contributed by atoms with Crippen LogP contribution >= 0.6 is 0 Å². The maximum atomic E-state index is 13.1. The topological polar surface area (TPSA) is 59.3 Å². The van der Waals surface area contributed by atoms with Crippen LogP contribution in [0.4, 0.5) is 0 Å². The lowest BCUT2D eigenvalue weighted by atomic mass is 9.56. The molecule has 3 aliphatic rings. The molecule has 4 nitrogen and oxygen atoms in total. The summed E-state index contributed by atoms with van der Waals surface area (Å²) >= 11 is 0. The lowest BCUT2D eigenvalue weighted by molar-refractivity contribution is -0.172. The van der Waals surface area contributed by atoms with Crippen LogP contribution in [0, 0.1) is 40.4 Å². The smallest absolute Gasteiger partial charge is 0.160 e. The first-order chi connectivity index (χ1) is 10.4. The van der Waals surface area contributed by atoms with E-state index in [0.29, 0.717) is 5.92 Å². The molecule has 3 fully saturated rings. The van der Waals surface area contributed by atoms with Crippen molar-refractivity contribution in [3.63, 3.8) is 0 Å². The molecule has 0 aromatic carbocycles. The average Bonchev–Trinajstić information content (AvgIpc) is 3.05. The first kappa shape index (κ1) is 15.7. The van der Waals surface area contributed by atoms with Gasteiger partial charge in [-0.25, -0.2) is 0 Å². The lowest BCUT2D eigenvalue weighted by Gasteiger charge is -2.47. The van der Waals surface area contributed by atoms with Gasteiger partial charge < -0.3 is 9.47 Å². The molecular weight excluding hydrogens is 278 g/mol. The summed E-state index contributed by atoms with van der Waals surface area (Å²) in [6, 6.07) is 2.24. The third-order valence-electron chi connectivity index (χ3n) is 6.26. The molecule has 0 N–H and O–H groups in total. The maximum absolute atomic E-state index is 13.1. The number of nitrogens with zero attached hydrogens (tertiary/aromatic N) is 1. The van der Waals surface area contributed by atoms with E-state index in [4.69, 9.17) is 9.47 Å². The zero-order chi connectivity index (χ0) is 16.1. The van der Waals surface area contributed by atoms with Crippen molar-refractivity contribution in [1.29, 1.82) is 5.26 Å². The molecule has 7 atom stereocenters. The van der Waals surface area contributed by atoms with Gasteiger partial charge in [-0.2, -0.15) is 5.26 Å². The van der Waals surface area contributed by atoms with E-state index in [1.54, 1.807) is 0 Å². The van der Waals surface area contributed by atoms with Crippen LogP contribution in [0.25, 0.3) is 0 Å². The highest BCUT2D eigenvalue weighted by molar-refractivity contribution is 5.91. The Bertz CT molecular complexity index is 525. The second-order valence-corrected chi connectivity index (χ2v) is 7.49. The molecule has 0 radical (unpaired) electrons. The first-order valence-electron chi connectivity index (χ1n) is 8.26. The highest BCUT2D eigenvalue weighted by atomic mass is 16.7. The summed E-state index contributed by atoms with van der Waals surface area (Å²) in [4.78, 5) is 13.1. The fourth-order valence-electron chi connectivity index (χ4n) is 4.50. The third kappa shape index (κ3) is 2.14. The summed E-state index contributed by atoms with van der Waals surface area (Å²) in [7, 11) is 0. The normalized spacial score (nSPS) is 48.0. The van der Waals surface area contributed by atoms with Gasteiger partial charge in [-0.1, -0.05) is 19.1 Å². The van der Waals surface area contributed by atoms with Crippen LogP contribution in [0.1, 0.15) is 40.0 Å². The number of allylic oxidation sites excluding steroid dienone is 1. The second-order valence-electron chi connectivity index (χ2n) is 7.49. The fraction of sp³-hybridized carbons (Fsp3) is 0.778. The maximum Gasteiger partial charge on any atom is 0.160 e. The van der Waals surface area contributed by atoms with Crippen molar-refractivity contribution >= 4 is 5.78 Å². The summed E-state index contributed by atoms with van der Waals surface area (Å²) in [6.07, 6.45) is 2.42. The molecule has 0 spiro atoms. The molecule has 2 heterocycles. The van der Waals surface area contributed by atoms with Crippen LogP contribution in [0.2, 0.25) is 0 Å². The molecule has 120 valence electrons. The van der Waals surface area contributed by atoms with Gasteiger partial charge in [0.15, 0.2) is 12.1 Å². The van der Waals surface area contributed by atoms with E-state index >= 15 is 0 Å². The number of rotatable bonds is 2. The summed E-state index contributed by atoms with van der Waals surface area (Å²) in [6.45, 7) is 10.8. The number of ketones is 1. The second kappa shape index (κ2) is 5.47. The van der Waals surface area contributed by atoms with Crippen LogP contribution in [0.3, 0.4) is 0 Å². The molecule has 0 aromatic rings. The average molecular weight is 303 g/mol. The van der Waals surface area contributed by atoms with Crippen molar-refractivity contribution in [2.45, 2.75) is 52.4 Å². The van der Waals surface area contributed by atoms with Crippen molar-refractivity contribution in [3.8, 4) is 6.07 Å². The number of ether oxygens (including phenoxy) is 2. The van der Waals surface area contributed by atoms with E-state index in [1.165, 1.54) is 0 Å². The molecule has 22 heavy (non-hydrogen) atoms. The standard InChI is InChI=1S/C18H25NO3/c1-10(2)13-7-11(3)18(4,16(20)14(13)9-19)15-8-12-5-6-21-17(12)22-15/h11-15,17H,1,5-8H2,2-4H3/t11-,12+,13+,14+,15+,17-,18-/m1/s1. The van der Waals surface area contributed by atoms with E-state index in [1.807, 2.05) is 13.8 Å². The van der Waals surface area contributed by atoms with Crippen molar-refractivity contribution in [1.82, 2.24) is 0 Å². The number of hydrogen-bond donors (Lipinski definition) is 0. The number of hydrogen-bond acceptors (Lipinski definition) is 4. The molecule has 2 aliphatic heterocycles. The Kier molecular flexibility index (Phi) is 3.91. The Labute approximate surface area is 132 Å². The van der Waals surface area contributed by atoms with Gasteiger partial charge in [0.2, 0.25) is 0 Å². The highest BCUT2D eigenvalue weighted by Crippen LogP contribution is 2.52. The van der Waals surface area contributed by atoms with Gasteiger partial charge in [-0.3, -0.25) is 4.79 Å². The largest absolute Gasteiger partial charge is 0.352 e. The predicted octanol–water partition coefficient (Wildman–Crippen LogP) is 3.09. The minimum Gasteiger partial charge on any atom is -0.352 e. The number of nitriles is 1. The van der Waals surface area contributed by atoms with Gasteiger partial charge in [0, 0.05) is 11.8 Å². The summed E-state index contributed by atoms with van der Waals surface area (Å²) < 4.78 is 11.7. The Morgan fingerprint density at radius 2 is 2.18 bits per heavy atom. The summed E-state index contributed by atoms with van der Waals surface area (Å²) in [5.74, 6) is -0.00976. The van der Waals surface area contributed by atoms with Crippen LogP contribution in [0.15, 0.2) is 12.2 Å². The van der Waals surface area contributed by atoms with E-state index in [-0.39, 0.29) is 30.0 Å². The highest BCUT2D eigenvalue weighted by Gasteiger charge is 2.58. The van der Waals surface area contributed by atoms with Crippen LogP contribution in [-0.2, 0) is 14.3 Å². The Balaban J connectivity index is 1.88. The molecule has 1 saturated carbocycles. The minimum atomic E-state index is -0.597. The van der Waals surface area contributed by atoms with Gasteiger partial charge in [0.25, 0.3) is 0 Å². The number of Topliss-reactive ketones (excluding diaryl/α,β-unsaturated/α-hetero) is 1. The molecule has 0 unspecified atom stereocenters. The lowest BCUT2D eigenvalue weighted by Crippen LogP contribution is -2.53. The predicted molar refractivity (Wildman–Crippen MR) is 81.6 cm³/mol. The van der Waals surface area contributed by atoms with E-state index in [9.17, 15) is 10.1 Å². The molecular formula is C18H25NO3. The zero-order valence-corrected chi connectivity index (χ0v) is 13.7. The van der Waals surface area contributed by atoms with Gasteiger partial charge >= 0.3 is 0 Å². The monoisotopic (exact) mass is 303 g/mol. The minimum absolute atomic E-state index is 0.0299. The fourth-order valence-corrected chi connectivity index (χ4v) is 4.50. The van der Waals surface area contributed by atoms with Crippen molar-refractivity contribution in [2.75, 3.05) is 6.61 Å². The number of fused-ring (bicyclic) bond motifs is 1. The van der Waals surface area contributed by atoms with Gasteiger partial charge in [0.05, 0.1) is 24.2 Å². The Morgan fingerprint density at radius 3 is 2.77 bits per heavy atom. The summed E-state index contributed by atoms with van der Waals surface area (Å²) in [5.41, 5.74) is 0.335. The first-order valence-corrected chi connectivity index (χ1v) is 8.26. The van der Waals surface area contributed by atoms with Crippen LogP contribution in [0.5, 0.6) is 0 Å². The molecule has 0 amide bonds. The van der Waals surface area contributed by atoms with E-state index in [2.05, 4.69) is 19.6 Å². The quantitative estimate of drug-likeness (QED) is 0.736. The van der Waals surface area contributed by atoms with Crippen molar-refractivity contribution in [3.05, 3.63) is 12.2 Å². The molecule has 0 aromatic heterocycles.